The van der Waals surface area contributed by atoms with Gasteiger partial charge in [0.2, 0.25) is 0 Å². The smallest absolute Gasteiger partial charge is 0.252 e. The first kappa shape index (κ1) is 53.2. The van der Waals surface area contributed by atoms with Crippen molar-refractivity contribution in [2.75, 3.05) is 9.80 Å². The fourth-order valence-corrected chi connectivity index (χ4v) is 25.0. The van der Waals surface area contributed by atoms with Crippen LogP contribution in [0.1, 0.15) is 0 Å². The zero-order valence-electron chi connectivity index (χ0n) is 49.6. The van der Waals surface area contributed by atoms with Gasteiger partial charge in [0.25, 0.3) is 6.71 Å². The molecule has 422 valence electrons. The van der Waals surface area contributed by atoms with Crippen LogP contribution in [0.4, 0.5) is 34.1 Å². The maximum absolute atomic E-state index is 3.07. The van der Waals surface area contributed by atoms with E-state index in [1.807, 2.05) is 0 Å². The van der Waals surface area contributed by atoms with Crippen molar-refractivity contribution in [1.82, 2.24) is 4.57 Å². The number of aromatic nitrogens is 1. The molecule has 14 aromatic carbocycles. The van der Waals surface area contributed by atoms with Crippen LogP contribution < -0.4 is 67.7 Å². The molecule has 0 saturated heterocycles. The molecule has 90 heavy (non-hydrogen) atoms. The molecule has 0 bridgehead atoms. The Morgan fingerprint density at radius 3 is 0.911 bits per heavy atom. The summed E-state index contributed by atoms with van der Waals surface area (Å²) >= 11 is 0. The zero-order valence-corrected chi connectivity index (χ0v) is 51.6. The molecule has 15 aromatic rings. The molecule has 3 heterocycles. The highest BCUT2D eigenvalue weighted by molar-refractivity contribution is 7.20. The molecule has 6 heteroatoms. The lowest BCUT2D eigenvalue weighted by molar-refractivity contribution is 1.16. The minimum Gasteiger partial charge on any atom is -0.311 e. The Morgan fingerprint density at radius 2 is 0.533 bits per heavy atom. The molecular weight excluding hydrogens is 1120 g/mol. The van der Waals surface area contributed by atoms with Gasteiger partial charge in [0.1, 0.15) is 0 Å². The van der Waals surface area contributed by atoms with Gasteiger partial charge in [-0.1, -0.05) is 303 Å². The van der Waals surface area contributed by atoms with Gasteiger partial charge < -0.3 is 14.4 Å². The third kappa shape index (κ3) is 8.33. The van der Waals surface area contributed by atoms with E-state index in [1.165, 1.54) is 91.2 Å². The topological polar surface area (TPSA) is 11.4 Å². The summed E-state index contributed by atoms with van der Waals surface area (Å²) in [7, 11) is -6.11. The Morgan fingerprint density at radius 1 is 0.222 bits per heavy atom. The molecule has 2 aliphatic heterocycles. The van der Waals surface area contributed by atoms with E-state index >= 15 is 0 Å². The Labute approximate surface area is 528 Å². The summed E-state index contributed by atoms with van der Waals surface area (Å²) in [6, 6.07) is 138. The number of fused-ring (bicyclic) bond motifs is 7. The standard InChI is InChI=1S/C84H60BN3Si2/c1-9-29-61(30-10-1)62-49-51-64(52-50-62)87-81-60-73(90(69-39-19-6-20-40-69,70-41-21-7-22-42-70)71-43-23-8-24-44-71)54-56-77(81)85-76-55-53-72(89(66-33-13-3-14-34-66,67-35-15-4-16-36-67)68-37-17-5-18-38-68)59-80(76)86(63-31-11-2-12-32-63)82-57-65(58-83(87)84(82)85)88-78-47-27-25-45-74(78)75-46-26-28-48-79(75)88/h1-60H. The molecular formula is C84H60BN3Si2. The van der Waals surface area contributed by atoms with Crippen LogP contribution in [0.25, 0.3) is 38.6 Å². The second kappa shape index (κ2) is 22.0. The van der Waals surface area contributed by atoms with Gasteiger partial charge in [0.05, 0.1) is 16.7 Å². The lowest BCUT2D eigenvalue weighted by Gasteiger charge is -2.45. The summed E-state index contributed by atoms with van der Waals surface area (Å²) < 4.78 is 2.52. The number of hydrogen-bond acceptors (Lipinski definition) is 2. The summed E-state index contributed by atoms with van der Waals surface area (Å²) in [4.78, 5) is 5.24. The number of anilines is 6. The van der Waals surface area contributed by atoms with Crippen LogP contribution in [0.5, 0.6) is 0 Å². The van der Waals surface area contributed by atoms with Crippen molar-refractivity contribution >= 4 is 137 Å². The molecule has 3 nitrogen and oxygen atoms in total. The van der Waals surface area contributed by atoms with E-state index in [-0.39, 0.29) is 6.71 Å². The molecule has 2 aliphatic rings. The first-order chi connectivity index (χ1) is 44.7. The average Bonchev–Trinajstić information content (AvgIpc) is 0.838. The van der Waals surface area contributed by atoms with E-state index in [9.17, 15) is 0 Å². The van der Waals surface area contributed by atoms with Gasteiger partial charge in [-0.2, -0.15) is 0 Å². The zero-order chi connectivity index (χ0) is 59.6. The quantitative estimate of drug-likeness (QED) is 0.0892. The Bertz CT molecular complexity index is 4860. The average molecular weight is 1180 g/mol. The van der Waals surface area contributed by atoms with Crippen LogP contribution in [0, 0.1) is 0 Å². The van der Waals surface area contributed by atoms with E-state index in [2.05, 4.69) is 378 Å². The van der Waals surface area contributed by atoms with E-state index in [1.54, 1.807) is 0 Å². The highest BCUT2D eigenvalue weighted by Crippen LogP contribution is 2.46. The highest BCUT2D eigenvalue weighted by Gasteiger charge is 2.49. The summed E-state index contributed by atoms with van der Waals surface area (Å²) in [6.45, 7) is -0.169. The normalized spacial score (nSPS) is 12.6. The largest absolute Gasteiger partial charge is 0.311 e. The molecule has 0 saturated carbocycles. The van der Waals surface area contributed by atoms with Crippen molar-refractivity contribution in [2.24, 2.45) is 0 Å². The minimum atomic E-state index is -3.07. The van der Waals surface area contributed by atoms with Gasteiger partial charge in [-0.25, -0.2) is 0 Å². The van der Waals surface area contributed by atoms with E-state index in [0.717, 1.165) is 39.5 Å². The molecule has 0 aliphatic carbocycles. The maximum Gasteiger partial charge on any atom is 0.252 e. The van der Waals surface area contributed by atoms with Gasteiger partial charge in [-0.3, -0.25) is 0 Å². The van der Waals surface area contributed by atoms with E-state index in [4.69, 9.17) is 0 Å². The summed E-state index contributed by atoms with van der Waals surface area (Å²) in [6.07, 6.45) is 0. The van der Waals surface area contributed by atoms with Crippen LogP contribution in [0.15, 0.2) is 364 Å². The summed E-state index contributed by atoms with van der Waals surface area (Å²) in [5.74, 6) is 0. The first-order valence-electron chi connectivity index (χ1n) is 31.3. The van der Waals surface area contributed by atoms with Gasteiger partial charge in [0, 0.05) is 44.9 Å². The molecule has 0 atom stereocenters. The summed E-state index contributed by atoms with van der Waals surface area (Å²) in [5, 5.41) is 13.1. The SMILES string of the molecule is c1ccc(-c2ccc(N3c4cc([Si](c5ccccc5)(c5ccccc5)c5ccccc5)ccc4B4c5ccc([Si](c6ccccc6)(c6ccccc6)c6ccccc6)cc5N(c5ccccc5)c5cc(-n6c7ccccc7c7ccccc76)cc3c54)cc2)cc1. The number of para-hydroxylation sites is 3. The highest BCUT2D eigenvalue weighted by atomic mass is 28.3. The molecule has 0 N–H and O–H groups in total. The van der Waals surface area contributed by atoms with Crippen molar-refractivity contribution in [1.29, 1.82) is 0 Å². The van der Waals surface area contributed by atoms with Crippen LogP contribution in [-0.4, -0.2) is 27.4 Å². The Kier molecular flexibility index (Phi) is 13.0. The molecule has 0 amide bonds. The second-order valence-corrected chi connectivity index (χ2v) is 31.5. The summed E-state index contributed by atoms with van der Waals surface area (Å²) in [5.41, 5.74) is 16.4. The predicted octanol–water partition coefficient (Wildman–Crippen LogP) is 13.3. The van der Waals surface area contributed by atoms with Crippen molar-refractivity contribution < 1.29 is 0 Å². The minimum absolute atomic E-state index is 0.169. The van der Waals surface area contributed by atoms with Gasteiger partial charge >= 0.3 is 0 Å². The van der Waals surface area contributed by atoms with E-state index in [0.29, 0.717) is 0 Å². The van der Waals surface area contributed by atoms with E-state index < -0.39 is 16.1 Å². The molecule has 0 unspecified atom stereocenters. The Hall–Kier alpha value is -11.0. The lowest BCUT2D eigenvalue weighted by Crippen LogP contribution is -2.75. The molecule has 0 spiro atoms. The van der Waals surface area contributed by atoms with Crippen molar-refractivity contribution in [3.05, 3.63) is 364 Å². The second-order valence-electron chi connectivity index (χ2n) is 23.9. The van der Waals surface area contributed by atoms with Crippen molar-refractivity contribution in [2.45, 2.75) is 0 Å². The van der Waals surface area contributed by atoms with Crippen molar-refractivity contribution in [3.63, 3.8) is 0 Å². The third-order valence-electron chi connectivity index (χ3n) is 19.2. The monoisotopic (exact) mass is 1180 g/mol. The molecule has 0 fully saturated rings. The molecule has 17 rings (SSSR count). The first-order valence-corrected chi connectivity index (χ1v) is 35.3. The van der Waals surface area contributed by atoms with Gasteiger partial charge in [-0.05, 0) is 130 Å². The van der Waals surface area contributed by atoms with Crippen LogP contribution in [0.3, 0.4) is 0 Å². The molecule has 0 radical (unpaired) electrons. The van der Waals surface area contributed by atoms with Crippen LogP contribution >= 0.6 is 0 Å². The lowest BCUT2D eigenvalue weighted by atomic mass is 9.33. The van der Waals surface area contributed by atoms with Gasteiger partial charge in [-0.15, -0.1) is 0 Å². The van der Waals surface area contributed by atoms with Gasteiger partial charge in [0.15, 0.2) is 16.1 Å². The maximum atomic E-state index is 2.63. The third-order valence-corrected chi connectivity index (χ3v) is 28.8. The molecule has 1 aromatic heterocycles. The number of nitrogens with zero attached hydrogens (tertiary/aromatic N) is 3. The fourth-order valence-electron chi connectivity index (χ4n) is 15.5. The van der Waals surface area contributed by atoms with Crippen LogP contribution in [0.2, 0.25) is 0 Å². The number of hydrogen-bond donors (Lipinski definition) is 0. The predicted molar refractivity (Wildman–Crippen MR) is 387 cm³/mol. The Balaban J connectivity index is 1.02. The number of benzene rings is 14. The number of rotatable bonds is 12. The van der Waals surface area contributed by atoms with Crippen molar-refractivity contribution in [3.8, 4) is 16.8 Å². The van der Waals surface area contributed by atoms with Crippen LogP contribution in [-0.2, 0) is 0 Å². The fraction of sp³-hybridized carbons (Fsp3) is 0.